The minimum atomic E-state index is -0.316. The summed E-state index contributed by atoms with van der Waals surface area (Å²) in [5, 5.41) is 3.24. The molecular formula is C14H19FN2O2. The van der Waals surface area contributed by atoms with Crippen LogP contribution in [-0.4, -0.2) is 43.6 Å². The van der Waals surface area contributed by atoms with Gasteiger partial charge in [-0.15, -0.1) is 0 Å². The van der Waals surface area contributed by atoms with E-state index in [1.807, 2.05) is 0 Å². The van der Waals surface area contributed by atoms with E-state index in [0.717, 1.165) is 26.1 Å². The van der Waals surface area contributed by atoms with Crippen molar-refractivity contribution in [2.75, 3.05) is 32.8 Å². The highest BCUT2D eigenvalue weighted by molar-refractivity contribution is 5.77. The number of carbonyl (C=O) groups is 1. The molecule has 1 aromatic carbocycles. The van der Waals surface area contributed by atoms with Gasteiger partial charge in [0.1, 0.15) is 11.6 Å². The zero-order valence-electron chi connectivity index (χ0n) is 11.1. The van der Waals surface area contributed by atoms with E-state index >= 15 is 0 Å². The zero-order valence-corrected chi connectivity index (χ0v) is 11.1. The molecule has 1 aliphatic rings. The van der Waals surface area contributed by atoms with Crippen LogP contribution in [0.1, 0.15) is 12.0 Å². The number of nitrogens with zero attached hydrogens (tertiary/aromatic N) is 1. The van der Waals surface area contributed by atoms with Gasteiger partial charge in [-0.25, -0.2) is 4.39 Å². The molecule has 2 rings (SSSR count). The first-order valence-corrected chi connectivity index (χ1v) is 6.54. The zero-order chi connectivity index (χ0) is 13.7. The van der Waals surface area contributed by atoms with Crippen molar-refractivity contribution in [3.8, 4) is 5.75 Å². The van der Waals surface area contributed by atoms with Crippen molar-refractivity contribution in [2.24, 2.45) is 0 Å². The third kappa shape index (κ3) is 3.92. The largest absolute Gasteiger partial charge is 0.484 e. The van der Waals surface area contributed by atoms with Gasteiger partial charge in [0.25, 0.3) is 5.91 Å². The molecule has 0 spiro atoms. The highest BCUT2D eigenvalue weighted by Gasteiger charge is 2.15. The van der Waals surface area contributed by atoms with Crippen LogP contribution in [0.2, 0.25) is 0 Å². The number of rotatable bonds is 3. The first kappa shape index (κ1) is 13.8. The van der Waals surface area contributed by atoms with Crippen LogP contribution < -0.4 is 10.1 Å². The number of aryl methyl sites for hydroxylation is 1. The number of ether oxygens (including phenoxy) is 1. The number of amides is 1. The van der Waals surface area contributed by atoms with Crippen LogP contribution in [0.5, 0.6) is 5.75 Å². The predicted octanol–water partition coefficient (Wildman–Crippen LogP) is 1.33. The molecule has 1 amide bonds. The van der Waals surface area contributed by atoms with Crippen LogP contribution in [-0.2, 0) is 4.79 Å². The summed E-state index contributed by atoms with van der Waals surface area (Å²) in [4.78, 5) is 13.7. The van der Waals surface area contributed by atoms with Crippen LogP contribution in [0.15, 0.2) is 18.2 Å². The van der Waals surface area contributed by atoms with Crippen molar-refractivity contribution in [3.63, 3.8) is 0 Å². The highest BCUT2D eigenvalue weighted by Crippen LogP contribution is 2.15. The van der Waals surface area contributed by atoms with E-state index in [-0.39, 0.29) is 18.3 Å². The van der Waals surface area contributed by atoms with Crippen LogP contribution in [0.4, 0.5) is 4.39 Å². The maximum Gasteiger partial charge on any atom is 0.260 e. The number of carbonyl (C=O) groups excluding carboxylic acids is 1. The summed E-state index contributed by atoms with van der Waals surface area (Å²) in [6, 6.07) is 4.63. The lowest BCUT2D eigenvalue weighted by Gasteiger charge is -2.20. The van der Waals surface area contributed by atoms with Gasteiger partial charge in [0, 0.05) is 25.7 Å². The van der Waals surface area contributed by atoms with Gasteiger partial charge < -0.3 is 15.0 Å². The molecule has 1 aliphatic heterocycles. The van der Waals surface area contributed by atoms with Crippen LogP contribution in [0.3, 0.4) is 0 Å². The SMILES string of the molecule is Cc1ccc(OCC(=O)N2CCCNCC2)cc1F. The first-order valence-electron chi connectivity index (χ1n) is 6.54. The van der Waals surface area contributed by atoms with Crippen LogP contribution in [0.25, 0.3) is 0 Å². The van der Waals surface area contributed by atoms with Crippen molar-refractivity contribution < 1.29 is 13.9 Å². The van der Waals surface area contributed by atoms with Gasteiger partial charge in [0.05, 0.1) is 0 Å². The van der Waals surface area contributed by atoms with Gasteiger partial charge in [-0.3, -0.25) is 4.79 Å². The molecule has 5 heteroatoms. The van der Waals surface area contributed by atoms with E-state index in [1.165, 1.54) is 6.07 Å². The summed E-state index contributed by atoms with van der Waals surface area (Å²) in [7, 11) is 0. The number of nitrogens with one attached hydrogen (secondary N) is 1. The first-order chi connectivity index (χ1) is 9.16. The van der Waals surface area contributed by atoms with Crippen molar-refractivity contribution in [1.82, 2.24) is 10.2 Å². The van der Waals surface area contributed by atoms with Gasteiger partial charge >= 0.3 is 0 Å². The maximum absolute atomic E-state index is 13.3. The monoisotopic (exact) mass is 266 g/mol. The Bertz CT molecular complexity index is 443. The van der Waals surface area contributed by atoms with Crippen molar-refractivity contribution in [1.29, 1.82) is 0 Å². The molecule has 0 radical (unpaired) electrons. The lowest BCUT2D eigenvalue weighted by atomic mass is 10.2. The molecule has 0 aliphatic carbocycles. The average Bonchev–Trinajstić information content (AvgIpc) is 2.69. The lowest BCUT2D eigenvalue weighted by Crippen LogP contribution is -2.37. The number of benzene rings is 1. The van der Waals surface area contributed by atoms with E-state index < -0.39 is 0 Å². The fourth-order valence-corrected chi connectivity index (χ4v) is 1.99. The smallest absolute Gasteiger partial charge is 0.260 e. The molecule has 1 fully saturated rings. The third-order valence-corrected chi connectivity index (χ3v) is 3.20. The van der Waals surface area contributed by atoms with Gasteiger partial charge in [-0.2, -0.15) is 0 Å². The summed E-state index contributed by atoms with van der Waals surface area (Å²) in [5.41, 5.74) is 0.567. The molecule has 0 saturated carbocycles. The van der Waals surface area contributed by atoms with Gasteiger partial charge in [-0.1, -0.05) is 6.07 Å². The molecule has 0 aromatic heterocycles. The second-order valence-electron chi connectivity index (χ2n) is 4.68. The molecule has 1 saturated heterocycles. The summed E-state index contributed by atoms with van der Waals surface area (Å²) in [6.07, 6.45) is 0.949. The summed E-state index contributed by atoms with van der Waals surface area (Å²) in [6.45, 7) is 4.84. The fourth-order valence-electron chi connectivity index (χ4n) is 1.99. The number of hydrogen-bond donors (Lipinski definition) is 1. The van der Waals surface area contributed by atoms with Crippen molar-refractivity contribution in [2.45, 2.75) is 13.3 Å². The van der Waals surface area contributed by atoms with Gasteiger partial charge in [-0.05, 0) is 31.5 Å². The summed E-state index contributed by atoms with van der Waals surface area (Å²) >= 11 is 0. The average molecular weight is 266 g/mol. The van der Waals surface area contributed by atoms with E-state index in [2.05, 4.69) is 5.32 Å². The molecule has 104 valence electrons. The minimum absolute atomic E-state index is 0.0392. The van der Waals surface area contributed by atoms with Gasteiger partial charge in [0.15, 0.2) is 6.61 Å². The van der Waals surface area contributed by atoms with Gasteiger partial charge in [0.2, 0.25) is 0 Å². The van der Waals surface area contributed by atoms with Crippen molar-refractivity contribution >= 4 is 5.91 Å². The Labute approximate surface area is 112 Å². The molecule has 1 N–H and O–H groups in total. The Balaban J connectivity index is 1.86. The Hall–Kier alpha value is -1.62. The Morgan fingerprint density at radius 2 is 2.26 bits per heavy atom. The van der Waals surface area contributed by atoms with Crippen LogP contribution in [0, 0.1) is 12.7 Å². The molecule has 0 unspecified atom stereocenters. The third-order valence-electron chi connectivity index (χ3n) is 3.20. The summed E-state index contributed by atoms with van der Waals surface area (Å²) < 4.78 is 18.7. The summed E-state index contributed by atoms with van der Waals surface area (Å²) in [5.74, 6) is 0.0259. The Kier molecular flexibility index (Phi) is 4.74. The normalized spacial score (nSPS) is 16.0. The molecule has 0 bridgehead atoms. The highest BCUT2D eigenvalue weighted by atomic mass is 19.1. The Morgan fingerprint density at radius 1 is 1.42 bits per heavy atom. The lowest BCUT2D eigenvalue weighted by molar-refractivity contribution is -0.133. The second kappa shape index (κ2) is 6.52. The molecule has 19 heavy (non-hydrogen) atoms. The Morgan fingerprint density at radius 3 is 3.05 bits per heavy atom. The van der Waals surface area contributed by atoms with E-state index in [1.54, 1.807) is 24.0 Å². The van der Waals surface area contributed by atoms with Crippen molar-refractivity contribution in [3.05, 3.63) is 29.6 Å². The van der Waals surface area contributed by atoms with E-state index in [9.17, 15) is 9.18 Å². The minimum Gasteiger partial charge on any atom is -0.484 e. The quantitative estimate of drug-likeness (QED) is 0.897. The van der Waals surface area contributed by atoms with E-state index in [4.69, 9.17) is 4.74 Å². The predicted molar refractivity (Wildman–Crippen MR) is 70.7 cm³/mol. The second-order valence-corrected chi connectivity index (χ2v) is 4.68. The fraction of sp³-hybridized carbons (Fsp3) is 0.500. The number of halogens is 1. The van der Waals surface area contributed by atoms with Crippen LogP contribution >= 0.6 is 0 Å². The molecular weight excluding hydrogens is 247 g/mol. The molecule has 0 atom stereocenters. The maximum atomic E-state index is 13.3. The molecule has 1 aromatic rings. The topological polar surface area (TPSA) is 41.6 Å². The molecule has 1 heterocycles. The van der Waals surface area contributed by atoms with E-state index in [0.29, 0.717) is 17.9 Å². The number of hydrogen-bond acceptors (Lipinski definition) is 3. The molecule has 4 nitrogen and oxygen atoms in total. The standard InChI is InChI=1S/C14H19FN2O2/c1-11-3-4-12(9-13(11)15)19-10-14(18)17-7-2-5-16-6-8-17/h3-4,9,16H,2,5-8,10H2,1H3.